The van der Waals surface area contributed by atoms with E-state index in [4.69, 9.17) is 0 Å². The maximum Gasteiger partial charge on any atom is 0.252 e. The van der Waals surface area contributed by atoms with Crippen molar-refractivity contribution in [1.82, 2.24) is 10.3 Å². The molecule has 2 N–H and O–H groups in total. The molecule has 0 bridgehead atoms. The lowest BCUT2D eigenvalue weighted by atomic mass is 10.0. The summed E-state index contributed by atoms with van der Waals surface area (Å²) in [5.41, 5.74) is 1.54. The first kappa shape index (κ1) is 14.0. The number of benzene rings is 1. The number of carbonyl (C=O) groups excluding carboxylic acids is 1. The van der Waals surface area contributed by atoms with Gasteiger partial charge in [0.15, 0.2) is 0 Å². The third-order valence-corrected chi connectivity index (χ3v) is 4.20. The smallest absolute Gasteiger partial charge is 0.252 e. The zero-order chi connectivity index (χ0) is 14.9. The molecule has 1 saturated carbocycles. The topological polar surface area (TPSA) is 62.2 Å². The van der Waals surface area contributed by atoms with Crippen LogP contribution < -0.4 is 5.32 Å². The van der Waals surface area contributed by atoms with Gasteiger partial charge in [0, 0.05) is 17.6 Å². The van der Waals surface area contributed by atoms with Crippen molar-refractivity contribution in [3.63, 3.8) is 0 Å². The van der Waals surface area contributed by atoms with Crippen LogP contribution in [0.5, 0.6) is 0 Å². The second-order valence-corrected chi connectivity index (χ2v) is 5.94. The van der Waals surface area contributed by atoms with E-state index in [1.807, 2.05) is 31.2 Å². The number of aliphatic hydroxyl groups is 1. The van der Waals surface area contributed by atoms with Crippen LogP contribution in [0, 0.1) is 6.92 Å². The van der Waals surface area contributed by atoms with Crippen molar-refractivity contribution in [1.29, 1.82) is 0 Å². The molecule has 0 aliphatic heterocycles. The van der Waals surface area contributed by atoms with Crippen LogP contribution in [0.25, 0.3) is 10.9 Å². The minimum atomic E-state index is -0.729. The van der Waals surface area contributed by atoms with Gasteiger partial charge in [-0.15, -0.1) is 0 Å². The molecule has 1 aromatic carbocycles. The van der Waals surface area contributed by atoms with Gasteiger partial charge in [0.1, 0.15) is 0 Å². The second kappa shape index (κ2) is 5.45. The average Bonchev–Trinajstić information content (AvgIpc) is 2.91. The van der Waals surface area contributed by atoms with Crippen molar-refractivity contribution < 1.29 is 9.90 Å². The highest BCUT2D eigenvalue weighted by Crippen LogP contribution is 2.28. The molecular weight excluding hydrogens is 264 g/mol. The van der Waals surface area contributed by atoms with E-state index in [2.05, 4.69) is 10.3 Å². The van der Waals surface area contributed by atoms with Crippen molar-refractivity contribution in [3.05, 3.63) is 41.6 Å². The van der Waals surface area contributed by atoms with Crippen LogP contribution in [0.15, 0.2) is 30.3 Å². The summed E-state index contributed by atoms with van der Waals surface area (Å²) in [6, 6.07) is 9.43. The molecule has 21 heavy (non-hydrogen) atoms. The first-order valence-electron chi connectivity index (χ1n) is 7.44. The van der Waals surface area contributed by atoms with E-state index < -0.39 is 5.60 Å². The molecule has 0 unspecified atom stereocenters. The zero-order valence-electron chi connectivity index (χ0n) is 12.2. The van der Waals surface area contributed by atoms with Crippen molar-refractivity contribution >= 4 is 16.8 Å². The molecule has 1 amide bonds. The van der Waals surface area contributed by atoms with Gasteiger partial charge in [0.25, 0.3) is 5.91 Å². The Labute approximate surface area is 124 Å². The van der Waals surface area contributed by atoms with Gasteiger partial charge in [-0.2, -0.15) is 0 Å². The van der Waals surface area contributed by atoms with Gasteiger partial charge in [-0.25, -0.2) is 0 Å². The molecule has 2 aromatic rings. The lowest BCUT2D eigenvalue weighted by molar-refractivity contribution is 0.0450. The Morgan fingerprint density at radius 2 is 2.05 bits per heavy atom. The normalized spacial score (nSPS) is 17.0. The van der Waals surface area contributed by atoms with Crippen LogP contribution in [0.2, 0.25) is 0 Å². The number of nitrogens with zero attached hydrogens (tertiary/aromatic N) is 1. The average molecular weight is 284 g/mol. The summed E-state index contributed by atoms with van der Waals surface area (Å²) < 4.78 is 0. The first-order chi connectivity index (χ1) is 10.1. The van der Waals surface area contributed by atoms with Crippen LogP contribution in [-0.2, 0) is 0 Å². The number of hydrogen-bond donors (Lipinski definition) is 2. The highest BCUT2D eigenvalue weighted by molar-refractivity contribution is 6.06. The Bertz CT molecular complexity index is 676. The van der Waals surface area contributed by atoms with Crippen LogP contribution in [0.4, 0.5) is 0 Å². The van der Waals surface area contributed by atoms with Gasteiger partial charge in [-0.3, -0.25) is 9.78 Å². The van der Waals surface area contributed by atoms with Crippen LogP contribution >= 0.6 is 0 Å². The Kier molecular flexibility index (Phi) is 3.64. The fourth-order valence-electron chi connectivity index (χ4n) is 3.05. The number of fused-ring (bicyclic) bond motifs is 1. The Balaban J connectivity index is 1.84. The first-order valence-corrected chi connectivity index (χ1v) is 7.44. The highest BCUT2D eigenvalue weighted by atomic mass is 16.3. The minimum absolute atomic E-state index is 0.142. The fraction of sp³-hybridized carbons (Fsp3) is 0.412. The Hall–Kier alpha value is -1.94. The van der Waals surface area contributed by atoms with E-state index >= 15 is 0 Å². The SMILES string of the molecule is Cc1cc(C(=O)NCC2(O)CCCC2)c2ccccc2n1. The molecule has 0 saturated heterocycles. The monoisotopic (exact) mass is 284 g/mol. The Morgan fingerprint density at radius 1 is 1.33 bits per heavy atom. The van der Waals surface area contributed by atoms with Crippen LogP contribution in [0.3, 0.4) is 0 Å². The Morgan fingerprint density at radius 3 is 2.81 bits per heavy atom. The largest absolute Gasteiger partial charge is 0.388 e. The molecule has 0 radical (unpaired) electrons. The summed E-state index contributed by atoms with van der Waals surface area (Å²) in [4.78, 5) is 16.9. The van der Waals surface area contributed by atoms with E-state index in [-0.39, 0.29) is 5.91 Å². The highest BCUT2D eigenvalue weighted by Gasteiger charge is 2.31. The number of nitrogens with one attached hydrogen (secondary N) is 1. The third-order valence-electron chi connectivity index (χ3n) is 4.20. The van der Waals surface area contributed by atoms with Gasteiger partial charge >= 0.3 is 0 Å². The summed E-state index contributed by atoms with van der Waals surface area (Å²) in [6.07, 6.45) is 3.60. The molecule has 4 nitrogen and oxygen atoms in total. The van der Waals surface area contributed by atoms with E-state index in [0.29, 0.717) is 12.1 Å². The minimum Gasteiger partial charge on any atom is -0.388 e. The number of hydrogen-bond acceptors (Lipinski definition) is 3. The summed E-state index contributed by atoms with van der Waals surface area (Å²) in [7, 11) is 0. The second-order valence-electron chi connectivity index (χ2n) is 5.94. The molecule has 3 rings (SSSR count). The molecule has 1 aromatic heterocycles. The molecular formula is C17H20N2O2. The molecule has 0 atom stereocenters. The third kappa shape index (κ3) is 2.90. The quantitative estimate of drug-likeness (QED) is 0.910. The number of carbonyl (C=O) groups is 1. The van der Waals surface area contributed by atoms with E-state index in [1.165, 1.54) is 0 Å². The molecule has 1 aliphatic rings. The fourth-order valence-corrected chi connectivity index (χ4v) is 3.05. The number of amides is 1. The number of pyridine rings is 1. The number of para-hydroxylation sites is 1. The van der Waals surface area contributed by atoms with Gasteiger partial charge in [-0.1, -0.05) is 31.0 Å². The summed E-state index contributed by atoms with van der Waals surface area (Å²) in [5, 5.41) is 14.1. The van der Waals surface area contributed by atoms with E-state index in [0.717, 1.165) is 42.3 Å². The summed E-state index contributed by atoms with van der Waals surface area (Å²) in [6.45, 7) is 2.20. The van der Waals surface area contributed by atoms with Gasteiger partial charge in [0.2, 0.25) is 0 Å². The number of rotatable bonds is 3. The van der Waals surface area contributed by atoms with Gasteiger partial charge < -0.3 is 10.4 Å². The summed E-state index contributed by atoms with van der Waals surface area (Å²) in [5.74, 6) is -0.142. The van der Waals surface area contributed by atoms with Crippen molar-refractivity contribution in [2.45, 2.75) is 38.2 Å². The van der Waals surface area contributed by atoms with Crippen molar-refractivity contribution in [2.75, 3.05) is 6.54 Å². The molecule has 0 spiro atoms. The predicted molar refractivity (Wildman–Crippen MR) is 82.2 cm³/mol. The maximum absolute atomic E-state index is 12.5. The van der Waals surface area contributed by atoms with Gasteiger partial charge in [-0.05, 0) is 31.9 Å². The predicted octanol–water partition coefficient (Wildman–Crippen LogP) is 2.58. The van der Waals surface area contributed by atoms with Crippen LogP contribution in [-0.4, -0.2) is 28.1 Å². The van der Waals surface area contributed by atoms with E-state index in [9.17, 15) is 9.90 Å². The molecule has 1 aliphatic carbocycles. The molecule has 1 fully saturated rings. The lowest BCUT2D eigenvalue weighted by Gasteiger charge is -2.22. The summed E-state index contributed by atoms with van der Waals surface area (Å²) >= 11 is 0. The van der Waals surface area contributed by atoms with E-state index in [1.54, 1.807) is 6.07 Å². The van der Waals surface area contributed by atoms with Gasteiger partial charge in [0.05, 0.1) is 16.7 Å². The zero-order valence-corrected chi connectivity index (χ0v) is 12.2. The maximum atomic E-state index is 12.5. The molecule has 110 valence electrons. The number of aryl methyl sites for hydroxylation is 1. The van der Waals surface area contributed by atoms with Crippen molar-refractivity contribution in [2.24, 2.45) is 0 Å². The van der Waals surface area contributed by atoms with Crippen molar-refractivity contribution in [3.8, 4) is 0 Å². The number of aromatic nitrogens is 1. The standard InChI is InChI=1S/C17H20N2O2/c1-12-10-14(13-6-2-3-7-15(13)19-12)16(20)18-11-17(21)8-4-5-9-17/h2-3,6-7,10,21H,4-5,8-9,11H2,1H3,(H,18,20). The molecule has 4 heteroatoms. The molecule has 1 heterocycles. The van der Waals surface area contributed by atoms with Crippen LogP contribution in [0.1, 0.15) is 41.7 Å². The lowest BCUT2D eigenvalue weighted by Crippen LogP contribution is -2.40.